The van der Waals surface area contributed by atoms with E-state index in [2.05, 4.69) is 10.3 Å². The van der Waals surface area contributed by atoms with Gasteiger partial charge in [-0.15, -0.1) is 11.3 Å². The molecule has 1 aliphatic rings. The first-order valence-corrected chi connectivity index (χ1v) is 9.17. The quantitative estimate of drug-likeness (QED) is 0.753. The van der Waals surface area contributed by atoms with E-state index < -0.39 is 0 Å². The van der Waals surface area contributed by atoms with Crippen molar-refractivity contribution in [1.82, 2.24) is 4.98 Å². The third kappa shape index (κ3) is 3.01. The van der Waals surface area contributed by atoms with Crippen molar-refractivity contribution >= 4 is 34.5 Å². The highest BCUT2D eigenvalue weighted by Gasteiger charge is 2.25. The predicted molar refractivity (Wildman–Crippen MR) is 101 cm³/mol. The molecule has 1 aliphatic heterocycles. The highest BCUT2D eigenvalue weighted by molar-refractivity contribution is 7.15. The van der Waals surface area contributed by atoms with E-state index >= 15 is 0 Å². The molecular formula is C19H17N3O3S. The Kier molecular flexibility index (Phi) is 4.30. The Morgan fingerprint density at radius 2 is 2.12 bits per heavy atom. The molecule has 1 N–H and O–H groups in total. The number of thiazole rings is 1. The maximum absolute atomic E-state index is 12.8. The first-order valence-electron chi connectivity index (χ1n) is 8.35. The third-order valence-corrected chi connectivity index (χ3v) is 5.25. The Morgan fingerprint density at radius 3 is 2.85 bits per heavy atom. The summed E-state index contributed by atoms with van der Waals surface area (Å²) in [5.74, 6) is 0.424. The summed E-state index contributed by atoms with van der Waals surface area (Å²) in [4.78, 5) is 31.8. The number of benzene rings is 1. The van der Waals surface area contributed by atoms with Crippen molar-refractivity contribution in [3.63, 3.8) is 0 Å². The first-order chi connectivity index (χ1) is 12.6. The van der Waals surface area contributed by atoms with Gasteiger partial charge in [-0.2, -0.15) is 0 Å². The number of aryl methyl sites for hydroxylation is 1. The lowest BCUT2D eigenvalue weighted by Gasteiger charge is -2.19. The number of rotatable bonds is 4. The molecule has 1 aromatic carbocycles. The van der Waals surface area contributed by atoms with Gasteiger partial charge in [-0.1, -0.05) is 12.1 Å². The topological polar surface area (TPSA) is 75.4 Å². The highest BCUT2D eigenvalue weighted by Crippen LogP contribution is 2.31. The third-order valence-electron chi connectivity index (χ3n) is 4.26. The highest BCUT2D eigenvalue weighted by atomic mass is 32.1. The van der Waals surface area contributed by atoms with Crippen molar-refractivity contribution < 1.29 is 14.0 Å². The van der Waals surface area contributed by atoms with Gasteiger partial charge in [0.2, 0.25) is 5.91 Å². The average molecular weight is 367 g/mol. The zero-order chi connectivity index (χ0) is 18.1. The summed E-state index contributed by atoms with van der Waals surface area (Å²) in [7, 11) is 0. The van der Waals surface area contributed by atoms with E-state index in [9.17, 15) is 9.59 Å². The molecule has 2 amide bonds. The summed E-state index contributed by atoms with van der Waals surface area (Å²) in [6.45, 7) is 2.53. The standard InChI is InChI=1S/C19H17N3O3S/c1-12-17(21-19(26-12)15-8-5-11-25-15)18(24)20-13-6-2-3-7-14(13)22-10-4-9-16(22)23/h2-3,5-8,11H,4,9-10H2,1H3,(H,20,24). The predicted octanol–water partition coefficient (Wildman–Crippen LogP) is 4.09. The normalized spacial score (nSPS) is 14.0. The molecule has 0 bridgehead atoms. The number of anilines is 2. The molecule has 3 heterocycles. The van der Waals surface area contributed by atoms with E-state index in [4.69, 9.17) is 4.42 Å². The average Bonchev–Trinajstić information content (AvgIpc) is 3.36. The van der Waals surface area contributed by atoms with E-state index in [0.717, 1.165) is 17.0 Å². The van der Waals surface area contributed by atoms with Crippen LogP contribution in [-0.2, 0) is 4.79 Å². The number of furan rings is 1. The maximum Gasteiger partial charge on any atom is 0.275 e. The number of nitrogens with zero attached hydrogens (tertiary/aromatic N) is 2. The smallest absolute Gasteiger partial charge is 0.275 e. The Bertz CT molecular complexity index is 962. The minimum atomic E-state index is -0.296. The van der Waals surface area contributed by atoms with E-state index in [1.54, 1.807) is 23.3 Å². The second kappa shape index (κ2) is 6.76. The molecule has 1 fully saturated rings. The molecule has 6 nitrogen and oxygen atoms in total. The van der Waals surface area contributed by atoms with Gasteiger partial charge in [0.1, 0.15) is 5.69 Å². The molecule has 3 aromatic rings. The van der Waals surface area contributed by atoms with Crippen LogP contribution < -0.4 is 10.2 Å². The van der Waals surface area contributed by atoms with Gasteiger partial charge in [0.15, 0.2) is 10.8 Å². The van der Waals surface area contributed by atoms with Crippen LogP contribution in [0, 0.1) is 6.92 Å². The minimum Gasteiger partial charge on any atom is -0.462 e. The van der Waals surface area contributed by atoms with Crippen LogP contribution in [-0.4, -0.2) is 23.3 Å². The summed E-state index contributed by atoms with van der Waals surface area (Å²) in [6, 6.07) is 10.9. The SMILES string of the molecule is Cc1sc(-c2ccco2)nc1C(=O)Nc1ccccc1N1CCCC1=O. The molecule has 0 atom stereocenters. The second-order valence-electron chi connectivity index (χ2n) is 6.02. The summed E-state index contributed by atoms with van der Waals surface area (Å²) in [6.07, 6.45) is 2.95. The van der Waals surface area contributed by atoms with Crippen molar-refractivity contribution in [3.05, 3.63) is 53.2 Å². The van der Waals surface area contributed by atoms with Gasteiger partial charge in [0, 0.05) is 17.8 Å². The lowest BCUT2D eigenvalue weighted by molar-refractivity contribution is -0.117. The van der Waals surface area contributed by atoms with Crippen molar-refractivity contribution in [1.29, 1.82) is 0 Å². The molecule has 0 aliphatic carbocycles. The second-order valence-corrected chi connectivity index (χ2v) is 7.22. The molecule has 0 spiro atoms. The van der Waals surface area contributed by atoms with Crippen LogP contribution >= 0.6 is 11.3 Å². The number of hydrogen-bond donors (Lipinski definition) is 1. The summed E-state index contributed by atoms with van der Waals surface area (Å²) < 4.78 is 5.36. The Morgan fingerprint density at radius 1 is 1.27 bits per heavy atom. The van der Waals surface area contributed by atoms with E-state index in [-0.39, 0.29) is 11.8 Å². The lowest BCUT2D eigenvalue weighted by Crippen LogP contribution is -2.25. The van der Waals surface area contributed by atoms with Crippen LogP contribution in [0.3, 0.4) is 0 Å². The number of amides is 2. The maximum atomic E-state index is 12.8. The van der Waals surface area contributed by atoms with Crippen molar-refractivity contribution in [2.75, 3.05) is 16.8 Å². The zero-order valence-corrected chi connectivity index (χ0v) is 15.0. The number of carbonyl (C=O) groups excluding carboxylic acids is 2. The fourth-order valence-electron chi connectivity index (χ4n) is 3.01. The van der Waals surface area contributed by atoms with Crippen molar-refractivity contribution in [2.24, 2.45) is 0 Å². The van der Waals surface area contributed by atoms with Gasteiger partial charge in [-0.25, -0.2) is 4.98 Å². The molecule has 0 saturated carbocycles. The van der Waals surface area contributed by atoms with Gasteiger partial charge >= 0.3 is 0 Å². The number of para-hydroxylation sites is 2. The van der Waals surface area contributed by atoms with Crippen molar-refractivity contribution in [3.8, 4) is 10.8 Å². The Labute approximate surface area is 154 Å². The first kappa shape index (κ1) is 16.5. The summed E-state index contributed by atoms with van der Waals surface area (Å²) >= 11 is 1.41. The van der Waals surface area contributed by atoms with Gasteiger partial charge < -0.3 is 14.6 Å². The Balaban J connectivity index is 1.61. The molecule has 1 saturated heterocycles. The van der Waals surface area contributed by atoms with Gasteiger partial charge in [-0.05, 0) is 37.6 Å². The zero-order valence-electron chi connectivity index (χ0n) is 14.2. The van der Waals surface area contributed by atoms with Crippen LogP contribution in [0.5, 0.6) is 0 Å². The number of hydrogen-bond acceptors (Lipinski definition) is 5. The Hall–Kier alpha value is -2.93. The van der Waals surface area contributed by atoms with Gasteiger partial charge in [0.25, 0.3) is 5.91 Å². The number of nitrogens with one attached hydrogen (secondary N) is 1. The van der Waals surface area contributed by atoms with E-state index in [1.807, 2.05) is 31.2 Å². The molecule has 2 aromatic heterocycles. The van der Waals surface area contributed by atoms with Crippen LogP contribution in [0.2, 0.25) is 0 Å². The molecule has 26 heavy (non-hydrogen) atoms. The molecule has 0 radical (unpaired) electrons. The van der Waals surface area contributed by atoms with Crippen LogP contribution in [0.25, 0.3) is 10.8 Å². The number of carbonyl (C=O) groups is 2. The van der Waals surface area contributed by atoms with Crippen LogP contribution in [0.15, 0.2) is 47.1 Å². The summed E-state index contributed by atoms with van der Waals surface area (Å²) in [5, 5.41) is 3.57. The fraction of sp³-hybridized carbons (Fsp3) is 0.211. The minimum absolute atomic E-state index is 0.0802. The number of aromatic nitrogens is 1. The van der Waals surface area contributed by atoms with E-state index in [0.29, 0.717) is 35.1 Å². The monoisotopic (exact) mass is 367 g/mol. The molecule has 132 valence electrons. The largest absolute Gasteiger partial charge is 0.462 e. The summed E-state index contributed by atoms with van der Waals surface area (Å²) in [5.41, 5.74) is 1.70. The van der Waals surface area contributed by atoms with Gasteiger partial charge in [-0.3, -0.25) is 9.59 Å². The fourth-order valence-corrected chi connectivity index (χ4v) is 3.89. The molecule has 0 unspecified atom stereocenters. The lowest BCUT2D eigenvalue weighted by atomic mass is 10.2. The van der Waals surface area contributed by atoms with Crippen molar-refractivity contribution in [2.45, 2.75) is 19.8 Å². The van der Waals surface area contributed by atoms with E-state index in [1.165, 1.54) is 11.3 Å². The van der Waals surface area contributed by atoms with Gasteiger partial charge in [0.05, 0.1) is 17.6 Å². The molecule has 4 rings (SSSR count). The molecular weight excluding hydrogens is 350 g/mol. The molecule has 7 heteroatoms. The van der Waals surface area contributed by atoms with Crippen LogP contribution in [0.4, 0.5) is 11.4 Å². The van der Waals surface area contributed by atoms with Crippen LogP contribution in [0.1, 0.15) is 28.2 Å².